The summed E-state index contributed by atoms with van der Waals surface area (Å²) in [4.78, 5) is 40.1. The number of nitrogens with zero attached hydrogens (tertiary/aromatic N) is 1. The maximum absolute atomic E-state index is 13.3. The number of anilines is 1. The molecule has 2 N–H and O–H groups in total. The molecule has 196 valence electrons. The summed E-state index contributed by atoms with van der Waals surface area (Å²) in [6.45, 7) is 4.29. The quantitative estimate of drug-likeness (QED) is 0.166. The number of halogens is 1. The highest BCUT2D eigenvalue weighted by Crippen LogP contribution is 2.43. The van der Waals surface area contributed by atoms with Gasteiger partial charge >= 0.3 is 5.97 Å². The van der Waals surface area contributed by atoms with Gasteiger partial charge in [0, 0.05) is 11.3 Å². The molecule has 38 heavy (non-hydrogen) atoms. The van der Waals surface area contributed by atoms with Crippen LogP contribution in [-0.2, 0) is 14.3 Å². The second-order valence-corrected chi connectivity index (χ2v) is 8.93. The smallest absolute Gasteiger partial charge is 0.338 e. The number of ketones is 1. The minimum Gasteiger partial charge on any atom is -0.508 e. The number of carbonyl (C=O) groups excluding carboxylic acids is 3. The third-order valence-corrected chi connectivity index (χ3v) is 6.29. The molecule has 1 aliphatic rings. The molecule has 1 saturated heterocycles. The zero-order valence-corrected chi connectivity index (χ0v) is 21.6. The van der Waals surface area contributed by atoms with Crippen LogP contribution in [0.2, 0.25) is 5.02 Å². The van der Waals surface area contributed by atoms with E-state index >= 15 is 0 Å². The van der Waals surface area contributed by atoms with Gasteiger partial charge in [-0.05, 0) is 73.5 Å². The van der Waals surface area contributed by atoms with Gasteiger partial charge in [-0.25, -0.2) is 4.79 Å². The van der Waals surface area contributed by atoms with E-state index in [4.69, 9.17) is 21.1 Å². The summed E-state index contributed by atoms with van der Waals surface area (Å²) in [6, 6.07) is 15.6. The molecule has 4 rings (SSSR count). The van der Waals surface area contributed by atoms with Crippen LogP contribution in [0.25, 0.3) is 5.76 Å². The predicted octanol–water partition coefficient (Wildman–Crippen LogP) is 5.64. The van der Waals surface area contributed by atoms with Crippen LogP contribution in [0.3, 0.4) is 0 Å². The molecule has 0 radical (unpaired) electrons. The Morgan fingerprint density at radius 3 is 2.26 bits per heavy atom. The fraction of sp³-hybridized carbons (Fsp3) is 0.207. The zero-order chi connectivity index (χ0) is 27.4. The Bertz CT molecular complexity index is 1400. The van der Waals surface area contributed by atoms with Crippen LogP contribution < -0.4 is 9.64 Å². The highest BCUT2D eigenvalue weighted by molar-refractivity contribution is 6.51. The van der Waals surface area contributed by atoms with Crippen LogP contribution in [0, 0.1) is 0 Å². The molecule has 1 unspecified atom stereocenters. The van der Waals surface area contributed by atoms with Crippen molar-refractivity contribution in [3.63, 3.8) is 0 Å². The maximum Gasteiger partial charge on any atom is 0.338 e. The Morgan fingerprint density at radius 2 is 1.63 bits per heavy atom. The van der Waals surface area contributed by atoms with Crippen molar-refractivity contribution in [2.75, 3.05) is 18.1 Å². The van der Waals surface area contributed by atoms with E-state index in [0.717, 1.165) is 0 Å². The van der Waals surface area contributed by atoms with Crippen molar-refractivity contribution in [1.82, 2.24) is 0 Å². The van der Waals surface area contributed by atoms with Gasteiger partial charge in [0.25, 0.3) is 11.7 Å². The van der Waals surface area contributed by atoms with E-state index in [1.165, 1.54) is 59.5 Å². The molecule has 3 aromatic carbocycles. The summed E-state index contributed by atoms with van der Waals surface area (Å²) in [5.74, 6) is -2.33. The van der Waals surface area contributed by atoms with Gasteiger partial charge in [0.05, 0.1) is 35.4 Å². The molecule has 3 aromatic rings. The summed E-state index contributed by atoms with van der Waals surface area (Å²) >= 11 is 6.19. The minimum absolute atomic E-state index is 0.000275. The number of esters is 1. The molecule has 1 amide bonds. The number of aliphatic hydroxyl groups is 1. The number of aromatic hydroxyl groups is 1. The molecule has 1 atom stereocenters. The van der Waals surface area contributed by atoms with Crippen molar-refractivity contribution >= 4 is 40.7 Å². The number of benzene rings is 3. The van der Waals surface area contributed by atoms with Gasteiger partial charge in [0.15, 0.2) is 0 Å². The number of rotatable bonds is 8. The van der Waals surface area contributed by atoms with Gasteiger partial charge in [-0.2, -0.15) is 0 Å². The summed E-state index contributed by atoms with van der Waals surface area (Å²) in [7, 11) is 0. The minimum atomic E-state index is -1.01. The van der Waals surface area contributed by atoms with E-state index in [2.05, 4.69) is 0 Å². The Morgan fingerprint density at radius 1 is 0.974 bits per heavy atom. The first-order valence-electron chi connectivity index (χ1n) is 12.1. The highest BCUT2D eigenvalue weighted by atomic mass is 35.5. The Labute approximate surface area is 224 Å². The lowest BCUT2D eigenvalue weighted by molar-refractivity contribution is -0.132. The van der Waals surface area contributed by atoms with E-state index in [-0.39, 0.29) is 23.5 Å². The number of carbonyl (C=O) groups is 3. The van der Waals surface area contributed by atoms with Crippen molar-refractivity contribution in [3.05, 3.63) is 94.0 Å². The predicted molar refractivity (Wildman–Crippen MR) is 143 cm³/mol. The molecule has 9 heteroatoms. The summed E-state index contributed by atoms with van der Waals surface area (Å²) in [5, 5.41) is 21.5. The van der Waals surface area contributed by atoms with Crippen molar-refractivity contribution in [1.29, 1.82) is 0 Å². The van der Waals surface area contributed by atoms with E-state index in [9.17, 15) is 24.6 Å². The molecule has 1 aliphatic heterocycles. The fourth-order valence-electron chi connectivity index (χ4n) is 4.18. The lowest BCUT2D eigenvalue weighted by Gasteiger charge is -2.25. The number of phenols is 1. The number of hydrogen-bond acceptors (Lipinski definition) is 7. The second kappa shape index (κ2) is 11.4. The molecule has 0 aromatic heterocycles. The molecular weight excluding hydrogens is 510 g/mol. The zero-order valence-electron chi connectivity index (χ0n) is 20.8. The van der Waals surface area contributed by atoms with Crippen LogP contribution in [0.4, 0.5) is 5.69 Å². The number of ether oxygens (including phenoxy) is 2. The fourth-order valence-corrected chi connectivity index (χ4v) is 4.35. The lowest BCUT2D eigenvalue weighted by Crippen LogP contribution is -2.29. The third kappa shape index (κ3) is 5.21. The standard InChI is InChI=1S/C29H26ClNO7/c1-3-15-38-29(36)18-5-10-20(11-6-18)31-25(17-7-12-21(32)13-8-17)24(27(34)28(31)35)26(33)19-9-14-22(30)23(16-19)37-4-2/h5-14,16,25,32-33H,3-4,15H2,1-2H3/b26-24-. The number of Topliss-reactive ketones (excluding diaryl/α,β-unsaturated/α-hetero) is 1. The molecule has 1 fully saturated rings. The van der Waals surface area contributed by atoms with Crippen LogP contribution in [0.15, 0.2) is 72.3 Å². The van der Waals surface area contributed by atoms with Crippen molar-refractivity contribution in [2.45, 2.75) is 26.3 Å². The van der Waals surface area contributed by atoms with Gasteiger partial charge in [-0.15, -0.1) is 0 Å². The van der Waals surface area contributed by atoms with Crippen molar-refractivity contribution < 1.29 is 34.1 Å². The van der Waals surface area contributed by atoms with Crippen LogP contribution in [-0.4, -0.2) is 41.1 Å². The maximum atomic E-state index is 13.3. The van der Waals surface area contributed by atoms with Gasteiger partial charge in [-0.1, -0.05) is 30.7 Å². The molecule has 0 aliphatic carbocycles. The van der Waals surface area contributed by atoms with E-state index in [1.54, 1.807) is 19.1 Å². The Kier molecular flexibility index (Phi) is 8.02. The second-order valence-electron chi connectivity index (χ2n) is 8.52. The van der Waals surface area contributed by atoms with Gasteiger partial charge < -0.3 is 19.7 Å². The first kappa shape index (κ1) is 26.8. The molecule has 0 spiro atoms. The Balaban J connectivity index is 1.83. The van der Waals surface area contributed by atoms with Gasteiger partial charge in [0.1, 0.15) is 17.3 Å². The SMILES string of the molecule is CCCOC(=O)c1ccc(N2C(=O)C(=O)/C(=C(\O)c3ccc(Cl)c(OCC)c3)C2c2ccc(O)cc2)cc1. The van der Waals surface area contributed by atoms with E-state index in [0.29, 0.717) is 40.6 Å². The van der Waals surface area contributed by atoms with Crippen LogP contribution in [0.1, 0.15) is 47.8 Å². The first-order valence-corrected chi connectivity index (χ1v) is 12.4. The lowest BCUT2D eigenvalue weighted by atomic mass is 9.95. The molecular formula is C29H26ClNO7. The number of amides is 1. The molecule has 1 heterocycles. The summed E-state index contributed by atoms with van der Waals surface area (Å²) in [6.07, 6.45) is 0.681. The average Bonchev–Trinajstić information content (AvgIpc) is 3.18. The topological polar surface area (TPSA) is 113 Å². The third-order valence-electron chi connectivity index (χ3n) is 5.98. The number of phenolic OH excluding ortho intramolecular Hbond substituents is 1. The Hall–Kier alpha value is -4.30. The van der Waals surface area contributed by atoms with Crippen molar-refractivity contribution in [3.8, 4) is 11.5 Å². The van der Waals surface area contributed by atoms with Gasteiger partial charge in [-0.3, -0.25) is 14.5 Å². The van der Waals surface area contributed by atoms with Crippen molar-refractivity contribution in [2.24, 2.45) is 0 Å². The highest BCUT2D eigenvalue weighted by Gasteiger charge is 2.47. The molecule has 8 nitrogen and oxygen atoms in total. The van der Waals surface area contributed by atoms with E-state index < -0.39 is 29.5 Å². The number of aliphatic hydroxyl groups excluding tert-OH is 1. The van der Waals surface area contributed by atoms with Gasteiger partial charge in [0.2, 0.25) is 0 Å². The normalized spacial score (nSPS) is 16.5. The van der Waals surface area contributed by atoms with Crippen LogP contribution in [0.5, 0.6) is 11.5 Å². The van der Waals surface area contributed by atoms with E-state index in [1.807, 2.05) is 6.92 Å². The molecule has 0 bridgehead atoms. The summed E-state index contributed by atoms with van der Waals surface area (Å²) in [5.41, 5.74) is 1.21. The monoisotopic (exact) mass is 535 g/mol. The number of hydrogen-bond donors (Lipinski definition) is 2. The average molecular weight is 536 g/mol. The summed E-state index contributed by atoms with van der Waals surface area (Å²) < 4.78 is 10.7. The first-order chi connectivity index (χ1) is 18.3. The largest absolute Gasteiger partial charge is 0.508 e. The molecule has 0 saturated carbocycles. The van der Waals surface area contributed by atoms with Crippen LogP contribution >= 0.6 is 11.6 Å².